The van der Waals surface area contributed by atoms with Crippen molar-refractivity contribution in [2.45, 2.75) is 32.4 Å². The summed E-state index contributed by atoms with van der Waals surface area (Å²) in [6.07, 6.45) is 1.47. The second-order valence-corrected chi connectivity index (χ2v) is 4.13. The third-order valence-corrected chi connectivity index (χ3v) is 2.87. The molecule has 2 heterocycles. The van der Waals surface area contributed by atoms with Crippen molar-refractivity contribution in [3.05, 3.63) is 27.4 Å². The van der Waals surface area contributed by atoms with Gasteiger partial charge in [-0.2, -0.15) is 0 Å². The zero-order valence-electron chi connectivity index (χ0n) is 9.67. The van der Waals surface area contributed by atoms with Crippen LogP contribution in [0, 0.1) is 0 Å². The first-order valence-corrected chi connectivity index (χ1v) is 5.56. The summed E-state index contributed by atoms with van der Waals surface area (Å²) >= 11 is 0. The van der Waals surface area contributed by atoms with Crippen LogP contribution in [-0.4, -0.2) is 29.7 Å². The van der Waals surface area contributed by atoms with E-state index in [1.165, 1.54) is 0 Å². The van der Waals surface area contributed by atoms with E-state index in [2.05, 4.69) is 22.2 Å². The van der Waals surface area contributed by atoms with Gasteiger partial charge in [-0.05, 0) is 14.0 Å². The summed E-state index contributed by atoms with van der Waals surface area (Å²) < 4.78 is 5.25. The molecule has 0 saturated heterocycles. The van der Waals surface area contributed by atoms with Crippen molar-refractivity contribution >= 4 is 0 Å². The Bertz CT molecular complexity index is 428. The average Bonchev–Trinajstić information content (AvgIpc) is 2.29. The molecule has 1 aromatic heterocycles. The number of aromatic amines is 1. The van der Waals surface area contributed by atoms with Gasteiger partial charge in [0.05, 0.1) is 24.5 Å². The molecular weight excluding hydrogens is 206 g/mol. The molecule has 5 nitrogen and oxygen atoms in total. The van der Waals surface area contributed by atoms with Crippen LogP contribution >= 0.6 is 0 Å². The minimum absolute atomic E-state index is 0.0528. The summed E-state index contributed by atoms with van der Waals surface area (Å²) in [7, 11) is 1.90. The summed E-state index contributed by atoms with van der Waals surface area (Å²) in [5.74, 6) is 0.757. The van der Waals surface area contributed by atoms with Crippen LogP contribution in [-0.2, 0) is 24.2 Å². The SMILES string of the molecule is CNC(C)Cc1nc2c(c(=O)[nH]1)COCC2. The number of hydrogen-bond donors (Lipinski definition) is 2. The van der Waals surface area contributed by atoms with E-state index in [4.69, 9.17) is 4.74 Å². The van der Waals surface area contributed by atoms with Gasteiger partial charge in [-0.3, -0.25) is 4.79 Å². The molecule has 2 N–H and O–H groups in total. The first-order valence-electron chi connectivity index (χ1n) is 5.56. The second kappa shape index (κ2) is 4.76. The zero-order valence-corrected chi connectivity index (χ0v) is 9.67. The van der Waals surface area contributed by atoms with Crippen LogP contribution in [0.4, 0.5) is 0 Å². The number of H-pyrrole nitrogens is 1. The molecule has 1 aliphatic rings. The van der Waals surface area contributed by atoms with Gasteiger partial charge in [0.1, 0.15) is 5.82 Å². The number of likely N-dealkylation sites (N-methyl/N-ethyl adjacent to an activating group) is 1. The molecule has 0 bridgehead atoms. The third kappa shape index (κ3) is 2.31. The van der Waals surface area contributed by atoms with Gasteiger partial charge >= 0.3 is 0 Å². The maximum absolute atomic E-state index is 11.8. The number of ether oxygens (including phenoxy) is 1. The van der Waals surface area contributed by atoms with Crippen molar-refractivity contribution < 1.29 is 4.74 Å². The molecule has 0 radical (unpaired) electrons. The monoisotopic (exact) mass is 223 g/mol. The van der Waals surface area contributed by atoms with Crippen LogP contribution in [0.5, 0.6) is 0 Å². The van der Waals surface area contributed by atoms with Crippen LogP contribution in [0.3, 0.4) is 0 Å². The molecule has 0 spiro atoms. The van der Waals surface area contributed by atoms with Gasteiger partial charge in [0.25, 0.3) is 5.56 Å². The smallest absolute Gasteiger partial charge is 0.256 e. The van der Waals surface area contributed by atoms with Crippen LogP contribution in [0.25, 0.3) is 0 Å². The normalized spacial score (nSPS) is 16.9. The fourth-order valence-corrected chi connectivity index (χ4v) is 1.78. The standard InChI is InChI=1S/C11H17N3O2/c1-7(12-2)5-10-13-9-3-4-16-6-8(9)11(15)14-10/h7,12H,3-6H2,1-2H3,(H,13,14,15). The second-order valence-electron chi connectivity index (χ2n) is 4.13. The highest BCUT2D eigenvalue weighted by molar-refractivity contribution is 5.19. The van der Waals surface area contributed by atoms with Gasteiger partial charge in [0.15, 0.2) is 0 Å². The summed E-state index contributed by atoms with van der Waals surface area (Å²) in [6.45, 7) is 3.10. The lowest BCUT2D eigenvalue weighted by Gasteiger charge is -2.16. The minimum Gasteiger partial charge on any atom is -0.376 e. The van der Waals surface area contributed by atoms with E-state index in [-0.39, 0.29) is 5.56 Å². The quantitative estimate of drug-likeness (QED) is 0.756. The minimum atomic E-state index is -0.0528. The predicted octanol–water partition coefficient (Wildman–Crippen LogP) is -0.00700. The number of nitrogens with zero attached hydrogens (tertiary/aromatic N) is 1. The molecule has 1 aliphatic heterocycles. The van der Waals surface area contributed by atoms with E-state index in [1.807, 2.05) is 7.05 Å². The Morgan fingerprint density at radius 1 is 1.62 bits per heavy atom. The summed E-state index contributed by atoms with van der Waals surface area (Å²) in [5, 5.41) is 3.13. The molecule has 0 saturated carbocycles. The van der Waals surface area contributed by atoms with E-state index >= 15 is 0 Å². The first kappa shape index (κ1) is 11.3. The Labute approximate surface area is 94.2 Å². The average molecular weight is 223 g/mol. The van der Waals surface area contributed by atoms with E-state index in [0.717, 1.165) is 24.4 Å². The molecule has 1 atom stereocenters. The molecule has 88 valence electrons. The van der Waals surface area contributed by atoms with Crippen molar-refractivity contribution in [2.75, 3.05) is 13.7 Å². The largest absolute Gasteiger partial charge is 0.376 e. The van der Waals surface area contributed by atoms with Gasteiger partial charge in [-0.25, -0.2) is 4.98 Å². The van der Waals surface area contributed by atoms with Crippen LogP contribution in [0.15, 0.2) is 4.79 Å². The van der Waals surface area contributed by atoms with Gasteiger partial charge in [0, 0.05) is 18.9 Å². The molecule has 1 unspecified atom stereocenters. The van der Waals surface area contributed by atoms with Crippen LogP contribution in [0.2, 0.25) is 0 Å². The van der Waals surface area contributed by atoms with Gasteiger partial charge < -0.3 is 15.0 Å². The molecule has 0 fully saturated rings. The van der Waals surface area contributed by atoms with E-state index < -0.39 is 0 Å². The lowest BCUT2D eigenvalue weighted by molar-refractivity contribution is 0.108. The highest BCUT2D eigenvalue weighted by Gasteiger charge is 2.16. The molecule has 0 amide bonds. The Balaban J connectivity index is 2.28. The number of hydrogen-bond acceptors (Lipinski definition) is 4. The van der Waals surface area contributed by atoms with Gasteiger partial charge in [-0.1, -0.05) is 0 Å². The van der Waals surface area contributed by atoms with E-state index in [0.29, 0.717) is 24.8 Å². The Morgan fingerprint density at radius 3 is 3.19 bits per heavy atom. The predicted molar refractivity (Wildman–Crippen MR) is 60.4 cm³/mol. The van der Waals surface area contributed by atoms with Gasteiger partial charge in [-0.15, -0.1) is 0 Å². The van der Waals surface area contributed by atoms with E-state index in [1.54, 1.807) is 0 Å². The van der Waals surface area contributed by atoms with Crippen molar-refractivity contribution in [2.24, 2.45) is 0 Å². The van der Waals surface area contributed by atoms with Crippen molar-refractivity contribution in [1.82, 2.24) is 15.3 Å². The fourth-order valence-electron chi connectivity index (χ4n) is 1.78. The highest BCUT2D eigenvalue weighted by atomic mass is 16.5. The fraction of sp³-hybridized carbons (Fsp3) is 0.636. The number of rotatable bonds is 3. The Morgan fingerprint density at radius 2 is 2.44 bits per heavy atom. The molecule has 1 aromatic rings. The molecule has 0 aliphatic carbocycles. The summed E-state index contributed by atoms with van der Waals surface area (Å²) in [5.41, 5.74) is 1.53. The number of fused-ring (bicyclic) bond motifs is 1. The third-order valence-electron chi connectivity index (χ3n) is 2.87. The zero-order chi connectivity index (χ0) is 11.5. The molecule has 5 heteroatoms. The lowest BCUT2D eigenvalue weighted by atomic mass is 10.1. The van der Waals surface area contributed by atoms with Crippen molar-refractivity contribution in [3.8, 4) is 0 Å². The molecule has 0 aromatic carbocycles. The Kier molecular flexibility index (Phi) is 3.36. The molecule has 2 rings (SSSR count). The van der Waals surface area contributed by atoms with Crippen molar-refractivity contribution in [1.29, 1.82) is 0 Å². The first-order chi connectivity index (χ1) is 7.70. The summed E-state index contributed by atoms with van der Waals surface area (Å²) in [4.78, 5) is 19.1. The highest BCUT2D eigenvalue weighted by Crippen LogP contribution is 2.10. The number of nitrogens with one attached hydrogen (secondary N) is 2. The topological polar surface area (TPSA) is 67.0 Å². The maximum atomic E-state index is 11.8. The summed E-state index contributed by atoms with van der Waals surface area (Å²) in [6, 6.07) is 0.307. The number of aromatic nitrogens is 2. The maximum Gasteiger partial charge on any atom is 0.256 e. The lowest BCUT2D eigenvalue weighted by Crippen LogP contribution is -2.29. The van der Waals surface area contributed by atoms with Crippen molar-refractivity contribution in [3.63, 3.8) is 0 Å². The van der Waals surface area contributed by atoms with Crippen LogP contribution in [0.1, 0.15) is 24.0 Å². The van der Waals surface area contributed by atoms with Gasteiger partial charge in [0.2, 0.25) is 0 Å². The molecular formula is C11H17N3O2. The Hall–Kier alpha value is -1.20. The van der Waals surface area contributed by atoms with Crippen LogP contribution < -0.4 is 10.9 Å². The molecule has 16 heavy (non-hydrogen) atoms. The van der Waals surface area contributed by atoms with E-state index in [9.17, 15) is 4.79 Å².